The third-order valence-electron chi connectivity index (χ3n) is 1.95. The van der Waals surface area contributed by atoms with Crippen molar-refractivity contribution in [2.75, 3.05) is 6.61 Å². The van der Waals surface area contributed by atoms with Gasteiger partial charge in [0.05, 0.1) is 6.61 Å². The fourth-order valence-corrected chi connectivity index (χ4v) is 0.958. The normalized spacial score (nSPS) is 15.4. The molecule has 0 bridgehead atoms. The van der Waals surface area contributed by atoms with Crippen LogP contribution in [0.2, 0.25) is 0 Å². The summed E-state index contributed by atoms with van der Waals surface area (Å²) in [5, 5.41) is 7.40. The highest BCUT2D eigenvalue weighted by molar-refractivity contribution is 5.71. The van der Waals surface area contributed by atoms with Crippen LogP contribution >= 0.6 is 0 Å². The van der Waals surface area contributed by atoms with Crippen molar-refractivity contribution in [1.29, 1.82) is 0 Å². The topological polar surface area (TPSA) is 52.1 Å². The van der Waals surface area contributed by atoms with Crippen LogP contribution in [0.1, 0.15) is 23.3 Å². The molecule has 0 saturated heterocycles. The SMILES string of the molecule is O=Cc1ccc(OCC2CC2)nn1. The van der Waals surface area contributed by atoms with E-state index in [-0.39, 0.29) is 0 Å². The van der Waals surface area contributed by atoms with Crippen LogP contribution in [0.3, 0.4) is 0 Å². The zero-order valence-corrected chi connectivity index (χ0v) is 7.14. The molecule has 2 rings (SSSR count). The van der Waals surface area contributed by atoms with Gasteiger partial charge in [0.15, 0.2) is 6.29 Å². The molecule has 1 heterocycles. The van der Waals surface area contributed by atoms with Gasteiger partial charge in [0.2, 0.25) is 5.88 Å². The fraction of sp³-hybridized carbons (Fsp3) is 0.444. The van der Waals surface area contributed by atoms with Gasteiger partial charge in [-0.2, -0.15) is 0 Å². The van der Waals surface area contributed by atoms with Crippen molar-refractivity contribution in [2.24, 2.45) is 5.92 Å². The Morgan fingerprint density at radius 2 is 2.31 bits per heavy atom. The van der Waals surface area contributed by atoms with Crippen LogP contribution in [0.15, 0.2) is 12.1 Å². The molecule has 68 valence electrons. The molecule has 1 aromatic heterocycles. The first-order chi connectivity index (χ1) is 6.38. The molecule has 0 unspecified atom stereocenters. The molecular formula is C9H10N2O2. The van der Waals surface area contributed by atoms with Gasteiger partial charge >= 0.3 is 0 Å². The third kappa shape index (κ3) is 2.24. The summed E-state index contributed by atoms with van der Waals surface area (Å²) in [4.78, 5) is 10.3. The summed E-state index contributed by atoms with van der Waals surface area (Å²) >= 11 is 0. The van der Waals surface area contributed by atoms with E-state index in [9.17, 15) is 4.79 Å². The lowest BCUT2D eigenvalue weighted by atomic mass is 10.4. The minimum absolute atomic E-state index is 0.332. The number of ether oxygens (including phenoxy) is 1. The van der Waals surface area contributed by atoms with E-state index < -0.39 is 0 Å². The Morgan fingerprint density at radius 1 is 1.46 bits per heavy atom. The molecule has 0 aromatic carbocycles. The number of aromatic nitrogens is 2. The van der Waals surface area contributed by atoms with E-state index in [1.807, 2.05) is 0 Å². The summed E-state index contributed by atoms with van der Waals surface area (Å²) in [6.45, 7) is 0.717. The van der Waals surface area contributed by atoms with Crippen LogP contribution in [-0.2, 0) is 0 Å². The monoisotopic (exact) mass is 178 g/mol. The molecule has 1 saturated carbocycles. The predicted octanol–water partition coefficient (Wildman–Crippen LogP) is 1.08. The molecule has 0 N–H and O–H groups in total. The van der Waals surface area contributed by atoms with Crippen molar-refractivity contribution >= 4 is 6.29 Å². The van der Waals surface area contributed by atoms with Gasteiger partial charge < -0.3 is 4.74 Å². The van der Waals surface area contributed by atoms with E-state index in [4.69, 9.17) is 4.74 Å². The molecule has 1 aromatic rings. The first kappa shape index (κ1) is 8.16. The lowest BCUT2D eigenvalue weighted by molar-refractivity contribution is 0.111. The summed E-state index contributed by atoms with van der Waals surface area (Å²) in [6.07, 6.45) is 3.16. The Labute approximate surface area is 75.9 Å². The second kappa shape index (κ2) is 3.51. The van der Waals surface area contributed by atoms with Crippen molar-refractivity contribution in [3.05, 3.63) is 17.8 Å². The molecule has 0 aliphatic heterocycles. The lowest BCUT2D eigenvalue weighted by Gasteiger charge is -2.01. The Kier molecular flexibility index (Phi) is 2.21. The number of carbonyl (C=O) groups is 1. The van der Waals surface area contributed by atoms with Gasteiger partial charge in [-0.15, -0.1) is 10.2 Å². The van der Waals surface area contributed by atoms with E-state index in [2.05, 4.69) is 10.2 Å². The molecule has 4 nitrogen and oxygen atoms in total. The highest BCUT2D eigenvalue weighted by Crippen LogP contribution is 2.28. The highest BCUT2D eigenvalue weighted by atomic mass is 16.5. The standard InChI is InChI=1S/C9H10N2O2/c12-5-8-3-4-9(11-10-8)13-6-7-1-2-7/h3-5,7H,1-2,6H2. The highest BCUT2D eigenvalue weighted by Gasteiger charge is 2.22. The number of hydrogen-bond donors (Lipinski definition) is 0. The van der Waals surface area contributed by atoms with Crippen LogP contribution in [0, 0.1) is 5.92 Å². The van der Waals surface area contributed by atoms with Gasteiger partial charge in [-0.3, -0.25) is 4.79 Å². The Hall–Kier alpha value is -1.45. The zero-order valence-electron chi connectivity index (χ0n) is 7.14. The van der Waals surface area contributed by atoms with Crippen LogP contribution < -0.4 is 4.74 Å². The molecule has 0 atom stereocenters. The summed E-state index contributed by atoms with van der Waals surface area (Å²) in [6, 6.07) is 3.27. The van der Waals surface area contributed by atoms with Gasteiger partial charge in [-0.25, -0.2) is 0 Å². The average molecular weight is 178 g/mol. The van der Waals surface area contributed by atoms with E-state index in [1.54, 1.807) is 12.1 Å². The van der Waals surface area contributed by atoms with E-state index in [0.29, 0.717) is 23.8 Å². The third-order valence-corrected chi connectivity index (χ3v) is 1.95. The Morgan fingerprint density at radius 3 is 2.85 bits per heavy atom. The maximum atomic E-state index is 10.3. The van der Waals surface area contributed by atoms with Crippen molar-refractivity contribution in [3.63, 3.8) is 0 Å². The maximum Gasteiger partial charge on any atom is 0.233 e. The fourth-order valence-electron chi connectivity index (χ4n) is 0.958. The van der Waals surface area contributed by atoms with Crippen LogP contribution in [0.5, 0.6) is 5.88 Å². The van der Waals surface area contributed by atoms with Crippen LogP contribution in [-0.4, -0.2) is 23.1 Å². The average Bonchev–Trinajstić information content (AvgIpc) is 2.99. The molecule has 0 amide bonds. The van der Waals surface area contributed by atoms with Gasteiger partial charge in [0.25, 0.3) is 0 Å². The largest absolute Gasteiger partial charge is 0.476 e. The summed E-state index contributed by atoms with van der Waals surface area (Å²) in [5.41, 5.74) is 0.332. The van der Waals surface area contributed by atoms with Crippen LogP contribution in [0.4, 0.5) is 0 Å². The van der Waals surface area contributed by atoms with Gasteiger partial charge in [0, 0.05) is 6.07 Å². The van der Waals surface area contributed by atoms with E-state index >= 15 is 0 Å². The van der Waals surface area contributed by atoms with Crippen molar-refractivity contribution in [1.82, 2.24) is 10.2 Å². The Bertz CT molecular complexity index is 293. The number of rotatable bonds is 4. The molecule has 4 heteroatoms. The molecule has 0 radical (unpaired) electrons. The molecular weight excluding hydrogens is 168 g/mol. The summed E-state index contributed by atoms with van der Waals surface area (Å²) in [5.74, 6) is 1.20. The number of hydrogen-bond acceptors (Lipinski definition) is 4. The first-order valence-electron chi connectivity index (χ1n) is 4.30. The molecule has 1 aliphatic rings. The van der Waals surface area contributed by atoms with E-state index in [1.165, 1.54) is 12.8 Å². The first-order valence-corrected chi connectivity index (χ1v) is 4.30. The number of aldehydes is 1. The minimum atomic E-state index is 0.332. The summed E-state index contributed by atoms with van der Waals surface area (Å²) in [7, 11) is 0. The quantitative estimate of drug-likeness (QED) is 0.647. The second-order valence-corrected chi connectivity index (χ2v) is 3.17. The van der Waals surface area contributed by atoms with Crippen molar-refractivity contribution < 1.29 is 9.53 Å². The van der Waals surface area contributed by atoms with Crippen molar-refractivity contribution in [3.8, 4) is 5.88 Å². The number of nitrogens with zero attached hydrogens (tertiary/aromatic N) is 2. The molecule has 13 heavy (non-hydrogen) atoms. The molecule has 1 aliphatic carbocycles. The van der Waals surface area contributed by atoms with Gasteiger partial charge in [0.1, 0.15) is 5.69 Å². The number of carbonyl (C=O) groups excluding carboxylic acids is 1. The van der Waals surface area contributed by atoms with E-state index in [0.717, 1.165) is 6.61 Å². The summed E-state index contributed by atoms with van der Waals surface area (Å²) < 4.78 is 5.34. The van der Waals surface area contributed by atoms with Gasteiger partial charge in [-0.1, -0.05) is 0 Å². The van der Waals surface area contributed by atoms with Crippen molar-refractivity contribution in [2.45, 2.75) is 12.8 Å². The molecule has 0 spiro atoms. The maximum absolute atomic E-state index is 10.3. The van der Waals surface area contributed by atoms with Crippen LogP contribution in [0.25, 0.3) is 0 Å². The zero-order chi connectivity index (χ0) is 9.10. The Balaban J connectivity index is 1.91. The second-order valence-electron chi connectivity index (χ2n) is 3.17. The molecule has 1 fully saturated rings. The lowest BCUT2D eigenvalue weighted by Crippen LogP contribution is -2.02. The minimum Gasteiger partial charge on any atom is -0.476 e. The van der Waals surface area contributed by atoms with Gasteiger partial charge in [-0.05, 0) is 24.8 Å². The predicted molar refractivity (Wildman–Crippen MR) is 45.6 cm³/mol. The smallest absolute Gasteiger partial charge is 0.233 e.